The molecule has 1 aromatic heterocycles. The van der Waals surface area contributed by atoms with Gasteiger partial charge in [0, 0.05) is 10.6 Å². The molecule has 7 heteroatoms. The lowest BCUT2D eigenvalue weighted by Crippen LogP contribution is -2.13. The van der Waals surface area contributed by atoms with Crippen molar-refractivity contribution in [2.24, 2.45) is 0 Å². The predicted molar refractivity (Wildman–Crippen MR) is 75.6 cm³/mol. The zero-order chi connectivity index (χ0) is 16.3. The van der Waals surface area contributed by atoms with E-state index < -0.39 is 17.8 Å². The maximum atomic E-state index is 12.8. The van der Waals surface area contributed by atoms with Gasteiger partial charge in [0.2, 0.25) is 0 Å². The van der Waals surface area contributed by atoms with Gasteiger partial charge in [0.1, 0.15) is 5.69 Å². The van der Waals surface area contributed by atoms with Gasteiger partial charge in [-0.25, -0.2) is 9.78 Å². The Morgan fingerprint density at radius 3 is 2.36 bits per heavy atom. The molecule has 0 aliphatic carbocycles. The largest absolute Gasteiger partial charge is 0.462 e. The van der Waals surface area contributed by atoms with E-state index in [1.54, 1.807) is 6.92 Å². The number of aromatic nitrogens is 1. The molecule has 0 amide bonds. The van der Waals surface area contributed by atoms with Crippen molar-refractivity contribution in [3.63, 3.8) is 0 Å². The summed E-state index contributed by atoms with van der Waals surface area (Å²) in [6, 6.07) is 7.83. The van der Waals surface area contributed by atoms with E-state index in [0.29, 0.717) is 10.6 Å². The highest BCUT2D eigenvalue weighted by atomic mass is 35.5. The van der Waals surface area contributed by atoms with Crippen molar-refractivity contribution in [2.75, 3.05) is 6.61 Å². The molecule has 0 atom stereocenters. The van der Waals surface area contributed by atoms with Gasteiger partial charge < -0.3 is 4.74 Å². The average Bonchev–Trinajstić information content (AvgIpc) is 2.47. The Balaban J connectivity index is 2.59. The Hall–Kier alpha value is -2.08. The van der Waals surface area contributed by atoms with Crippen molar-refractivity contribution in [2.45, 2.75) is 13.1 Å². The number of benzene rings is 1. The van der Waals surface area contributed by atoms with Crippen LogP contribution in [0.2, 0.25) is 5.02 Å². The minimum atomic E-state index is -4.60. The van der Waals surface area contributed by atoms with E-state index in [2.05, 4.69) is 4.98 Å². The van der Waals surface area contributed by atoms with E-state index in [-0.39, 0.29) is 17.9 Å². The Bertz CT molecular complexity index is 684. The van der Waals surface area contributed by atoms with Crippen molar-refractivity contribution in [3.8, 4) is 11.3 Å². The smallest absolute Gasteiger partial charge is 0.433 e. The zero-order valence-electron chi connectivity index (χ0n) is 11.4. The number of pyridine rings is 1. The molecule has 0 saturated heterocycles. The molecule has 116 valence electrons. The summed E-state index contributed by atoms with van der Waals surface area (Å²) in [5.74, 6) is -0.728. The molecule has 0 bridgehead atoms. The fourth-order valence-corrected chi connectivity index (χ4v) is 1.94. The van der Waals surface area contributed by atoms with Crippen LogP contribution in [0.5, 0.6) is 0 Å². The number of hydrogen-bond acceptors (Lipinski definition) is 3. The molecule has 0 N–H and O–H groups in total. The van der Waals surface area contributed by atoms with E-state index in [9.17, 15) is 18.0 Å². The van der Waals surface area contributed by atoms with E-state index >= 15 is 0 Å². The standard InChI is InChI=1S/C15H11ClF3NO2/c1-2-22-14(21)11-7-8-12(15(17,18)19)20-13(11)9-3-5-10(16)6-4-9/h3-8H,2H2,1H3. The van der Waals surface area contributed by atoms with Crippen molar-refractivity contribution < 1.29 is 22.7 Å². The quantitative estimate of drug-likeness (QED) is 0.773. The molecule has 1 heterocycles. The number of ether oxygens (including phenoxy) is 1. The minimum Gasteiger partial charge on any atom is -0.462 e. The lowest BCUT2D eigenvalue weighted by atomic mass is 10.0. The molecule has 1 aromatic carbocycles. The van der Waals surface area contributed by atoms with Crippen molar-refractivity contribution >= 4 is 17.6 Å². The highest BCUT2D eigenvalue weighted by Gasteiger charge is 2.33. The molecule has 0 spiro atoms. The maximum Gasteiger partial charge on any atom is 0.433 e. The lowest BCUT2D eigenvalue weighted by molar-refractivity contribution is -0.141. The summed E-state index contributed by atoms with van der Waals surface area (Å²) in [5.41, 5.74) is -0.855. The fraction of sp³-hybridized carbons (Fsp3) is 0.200. The normalized spacial score (nSPS) is 11.3. The molecule has 0 unspecified atom stereocenters. The van der Waals surface area contributed by atoms with Crippen molar-refractivity contribution in [1.82, 2.24) is 4.98 Å². The van der Waals surface area contributed by atoms with E-state index in [1.807, 2.05) is 0 Å². The number of halogens is 4. The molecule has 2 rings (SSSR count). The number of hydrogen-bond donors (Lipinski definition) is 0. The topological polar surface area (TPSA) is 39.2 Å². The van der Waals surface area contributed by atoms with Crippen LogP contribution >= 0.6 is 11.6 Å². The highest BCUT2D eigenvalue weighted by Crippen LogP contribution is 2.31. The molecule has 3 nitrogen and oxygen atoms in total. The summed E-state index contributed by atoms with van der Waals surface area (Å²) in [5, 5.41) is 0.424. The van der Waals surface area contributed by atoms with Crippen LogP contribution in [0.3, 0.4) is 0 Å². The summed E-state index contributed by atoms with van der Waals surface area (Å²) in [4.78, 5) is 15.5. The van der Waals surface area contributed by atoms with Crippen LogP contribution in [0.25, 0.3) is 11.3 Å². The first-order chi connectivity index (χ1) is 10.3. The molecule has 22 heavy (non-hydrogen) atoms. The average molecular weight is 330 g/mol. The van der Waals surface area contributed by atoms with Gasteiger partial charge in [-0.15, -0.1) is 0 Å². The van der Waals surface area contributed by atoms with Crippen LogP contribution in [-0.2, 0) is 10.9 Å². The number of alkyl halides is 3. The van der Waals surface area contributed by atoms with Crippen molar-refractivity contribution in [3.05, 3.63) is 52.7 Å². The summed E-state index contributed by atoms with van der Waals surface area (Å²) in [7, 11) is 0. The summed E-state index contributed by atoms with van der Waals surface area (Å²) in [6.07, 6.45) is -4.60. The first-order valence-electron chi connectivity index (χ1n) is 6.34. The number of carbonyl (C=O) groups is 1. The van der Waals surface area contributed by atoms with Crippen LogP contribution in [0.4, 0.5) is 13.2 Å². The van der Waals surface area contributed by atoms with Gasteiger partial charge in [-0.3, -0.25) is 0 Å². The monoisotopic (exact) mass is 329 g/mol. The second kappa shape index (κ2) is 6.36. The van der Waals surface area contributed by atoms with Gasteiger partial charge in [-0.2, -0.15) is 13.2 Å². The second-order valence-corrected chi connectivity index (χ2v) is 4.75. The molecule has 0 saturated carbocycles. The number of esters is 1. The maximum absolute atomic E-state index is 12.8. The van der Waals surface area contributed by atoms with Crippen LogP contribution in [0, 0.1) is 0 Å². The number of carbonyl (C=O) groups excluding carboxylic acids is 1. The predicted octanol–water partition coefficient (Wildman–Crippen LogP) is 4.60. The second-order valence-electron chi connectivity index (χ2n) is 4.32. The lowest BCUT2D eigenvalue weighted by Gasteiger charge is -2.12. The first kappa shape index (κ1) is 16.3. The van der Waals surface area contributed by atoms with Crippen molar-refractivity contribution in [1.29, 1.82) is 0 Å². The third kappa shape index (κ3) is 3.57. The van der Waals surface area contributed by atoms with Crippen LogP contribution < -0.4 is 0 Å². The SMILES string of the molecule is CCOC(=O)c1ccc(C(F)(F)F)nc1-c1ccc(Cl)cc1. The summed E-state index contributed by atoms with van der Waals surface area (Å²) < 4.78 is 43.3. The Kier molecular flexibility index (Phi) is 4.71. The molecule has 0 aliphatic heterocycles. The fourth-order valence-electron chi connectivity index (χ4n) is 1.82. The Labute approximate surface area is 129 Å². The first-order valence-corrected chi connectivity index (χ1v) is 6.72. The third-order valence-corrected chi connectivity index (χ3v) is 3.05. The molecule has 0 aliphatic rings. The van der Waals surface area contributed by atoms with E-state index in [1.165, 1.54) is 24.3 Å². The van der Waals surface area contributed by atoms with Crippen LogP contribution in [0.1, 0.15) is 23.0 Å². The highest BCUT2D eigenvalue weighted by molar-refractivity contribution is 6.30. The van der Waals surface area contributed by atoms with Gasteiger partial charge >= 0.3 is 12.1 Å². The van der Waals surface area contributed by atoms with Crippen LogP contribution in [-0.4, -0.2) is 17.6 Å². The van der Waals surface area contributed by atoms with Gasteiger partial charge in [-0.1, -0.05) is 23.7 Å². The number of rotatable bonds is 3. The van der Waals surface area contributed by atoms with Gasteiger partial charge in [0.25, 0.3) is 0 Å². The molecular formula is C15H11ClF3NO2. The molecule has 0 fully saturated rings. The van der Waals surface area contributed by atoms with Gasteiger partial charge in [-0.05, 0) is 31.2 Å². The Morgan fingerprint density at radius 1 is 1.18 bits per heavy atom. The summed E-state index contributed by atoms with van der Waals surface area (Å²) in [6.45, 7) is 1.72. The molecule has 0 radical (unpaired) electrons. The van der Waals surface area contributed by atoms with Gasteiger partial charge in [0.05, 0.1) is 17.9 Å². The Morgan fingerprint density at radius 2 is 1.82 bits per heavy atom. The summed E-state index contributed by atoms with van der Waals surface area (Å²) >= 11 is 5.76. The number of nitrogens with zero attached hydrogens (tertiary/aromatic N) is 1. The van der Waals surface area contributed by atoms with Crippen LogP contribution in [0.15, 0.2) is 36.4 Å². The zero-order valence-corrected chi connectivity index (χ0v) is 12.2. The molecular weight excluding hydrogens is 319 g/mol. The third-order valence-electron chi connectivity index (χ3n) is 2.80. The molecule has 2 aromatic rings. The van der Waals surface area contributed by atoms with E-state index in [0.717, 1.165) is 12.1 Å². The minimum absolute atomic E-state index is 0.0304. The van der Waals surface area contributed by atoms with E-state index in [4.69, 9.17) is 16.3 Å². The van der Waals surface area contributed by atoms with Gasteiger partial charge in [0.15, 0.2) is 0 Å².